The summed E-state index contributed by atoms with van der Waals surface area (Å²) in [4.78, 5) is 0.193. The van der Waals surface area contributed by atoms with Gasteiger partial charge in [0.1, 0.15) is 4.90 Å². The summed E-state index contributed by atoms with van der Waals surface area (Å²) < 4.78 is 35.9. The minimum absolute atomic E-state index is 0.193. The summed E-state index contributed by atoms with van der Waals surface area (Å²) in [7, 11) is 0.930. The van der Waals surface area contributed by atoms with E-state index >= 15 is 0 Å². The molecule has 0 aliphatic rings. The molecule has 18 heavy (non-hydrogen) atoms. The Bertz CT molecular complexity index is 472. The number of hydrogen-bond acceptors (Lipinski definition) is 5. The van der Waals surface area contributed by atoms with E-state index in [1.807, 2.05) is 0 Å². The fraction of sp³-hybridized carbons (Fsp3) is 0.455. The molecule has 6 nitrogen and oxygen atoms in total. The van der Waals surface area contributed by atoms with Crippen LogP contribution in [0.5, 0.6) is 0 Å². The second-order valence-corrected chi connectivity index (χ2v) is 5.34. The highest BCUT2D eigenvalue weighted by molar-refractivity contribution is 7.89. The number of sulfonamides is 1. The Morgan fingerprint density at radius 2 is 1.83 bits per heavy atom. The van der Waals surface area contributed by atoms with E-state index in [9.17, 15) is 8.42 Å². The Labute approximate surface area is 107 Å². The molecule has 0 fully saturated rings. The predicted molar refractivity (Wildman–Crippen MR) is 69.0 cm³/mol. The lowest BCUT2D eigenvalue weighted by Gasteiger charge is -2.16. The third-order valence-corrected chi connectivity index (χ3v) is 3.90. The van der Waals surface area contributed by atoms with Gasteiger partial charge in [0, 0.05) is 14.2 Å². The van der Waals surface area contributed by atoms with Crippen molar-refractivity contribution in [3.05, 3.63) is 24.3 Å². The van der Waals surface area contributed by atoms with Gasteiger partial charge in [-0.05, 0) is 19.2 Å². The van der Waals surface area contributed by atoms with Gasteiger partial charge in [-0.1, -0.05) is 12.1 Å². The molecule has 0 aliphatic carbocycles. The summed E-state index contributed by atoms with van der Waals surface area (Å²) in [5, 5.41) is 2.99. The van der Waals surface area contributed by atoms with Crippen LogP contribution in [-0.4, -0.2) is 42.5 Å². The quantitative estimate of drug-likeness (QED) is 0.713. The van der Waals surface area contributed by atoms with Crippen molar-refractivity contribution < 1.29 is 17.9 Å². The largest absolute Gasteiger partial charge is 0.379 e. The first-order chi connectivity index (χ1) is 8.55. The minimum atomic E-state index is -3.48. The molecule has 0 bridgehead atoms. The molecule has 0 unspecified atom stereocenters. The highest BCUT2D eigenvalue weighted by Gasteiger charge is 2.16. The van der Waals surface area contributed by atoms with Gasteiger partial charge in [-0.15, -0.1) is 0 Å². The molecule has 0 radical (unpaired) electrons. The van der Waals surface area contributed by atoms with E-state index in [0.29, 0.717) is 12.2 Å². The first-order valence-electron chi connectivity index (χ1n) is 5.37. The normalized spacial score (nSPS) is 11.8. The van der Waals surface area contributed by atoms with Crippen LogP contribution in [0.3, 0.4) is 0 Å². The average Bonchev–Trinajstić information content (AvgIpc) is 2.40. The zero-order chi connectivity index (χ0) is 13.6. The van der Waals surface area contributed by atoms with Gasteiger partial charge in [-0.25, -0.2) is 13.1 Å². The summed E-state index contributed by atoms with van der Waals surface area (Å²) in [6.45, 7) is 0.350. The molecule has 0 amide bonds. The molecular weight excluding hydrogens is 256 g/mol. The Morgan fingerprint density at radius 3 is 2.39 bits per heavy atom. The van der Waals surface area contributed by atoms with Crippen LogP contribution >= 0.6 is 0 Å². The van der Waals surface area contributed by atoms with Gasteiger partial charge in [-0.2, -0.15) is 0 Å². The average molecular weight is 274 g/mol. The Hall–Kier alpha value is -1.15. The van der Waals surface area contributed by atoms with E-state index in [1.54, 1.807) is 18.2 Å². The summed E-state index contributed by atoms with van der Waals surface area (Å²) in [5.74, 6) is 0. The molecule has 0 aromatic heterocycles. The molecule has 7 heteroatoms. The van der Waals surface area contributed by atoms with Crippen molar-refractivity contribution in [3.63, 3.8) is 0 Å². The third kappa shape index (κ3) is 3.67. The van der Waals surface area contributed by atoms with Crippen LogP contribution in [0.15, 0.2) is 29.2 Å². The third-order valence-electron chi connectivity index (χ3n) is 2.43. The molecule has 0 heterocycles. The van der Waals surface area contributed by atoms with Crippen LogP contribution in [0.2, 0.25) is 0 Å². The second-order valence-electron chi connectivity index (χ2n) is 3.49. The van der Waals surface area contributed by atoms with Gasteiger partial charge in [0.05, 0.1) is 12.2 Å². The van der Waals surface area contributed by atoms with Crippen LogP contribution in [-0.2, 0) is 19.5 Å². The predicted octanol–water partition coefficient (Wildman–Crippen LogP) is 0.625. The van der Waals surface area contributed by atoms with Crippen molar-refractivity contribution in [3.8, 4) is 0 Å². The number of methoxy groups -OCH3 is 2. The first kappa shape index (κ1) is 14.9. The van der Waals surface area contributed by atoms with Crippen LogP contribution in [0.25, 0.3) is 0 Å². The molecule has 0 saturated carbocycles. The fourth-order valence-electron chi connectivity index (χ4n) is 1.41. The molecule has 1 rings (SSSR count). The second kappa shape index (κ2) is 6.69. The maximum Gasteiger partial charge on any atom is 0.242 e. The zero-order valence-electron chi connectivity index (χ0n) is 10.6. The fourth-order valence-corrected chi connectivity index (χ4v) is 2.32. The number of para-hydroxylation sites is 1. The molecule has 1 aromatic rings. The smallest absolute Gasteiger partial charge is 0.242 e. The Morgan fingerprint density at radius 1 is 1.22 bits per heavy atom. The summed E-state index contributed by atoms with van der Waals surface area (Å²) in [6, 6.07) is 6.64. The number of ether oxygens (including phenoxy) is 2. The van der Waals surface area contributed by atoms with Crippen molar-refractivity contribution in [1.82, 2.24) is 4.72 Å². The number of hydrogen-bond donors (Lipinski definition) is 2. The van der Waals surface area contributed by atoms with Crippen molar-refractivity contribution in [2.45, 2.75) is 11.2 Å². The molecule has 1 aromatic carbocycles. The van der Waals surface area contributed by atoms with E-state index < -0.39 is 16.3 Å². The Balaban J connectivity index is 2.90. The summed E-state index contributed by atoms with van der Waals surface area (Å²) in [6.07, 6.45) is -0.435. The Kier molecular flexibility index (Phi) is 5.54. The van der Waals surface area contributed by atoms with Crippen LogP contribution in [0.4, 0.5) is 5.69 Å². The maximum absolute atomic E-state index is 11.8. The van der Waals surface area contributed by atoms with Crippen LogP contribution in [0, 0.1) is 0 Å². The lowest BCUT2D eigenvalue weighted by molar-refractivity contribution is -0.0914. The lowest BCUT2D eigenvalue weighted by Crippen LogP contribution is -2.25. The lowest BCUT2D eigenvalue weighted by atomic mass is 10.3. The maximum atomic E-state index is 11.8. The van der Waals surface area contributed by atoms with Gasteiger partial charge in [0.15, 0.2) is 6.29 Å². The van der Waals surface area contributed by atoms with Gasteiger partial charge in [0.25, 0.3) is 0 Å². The van der Waals surface area contributed by atoms with Gasteiger partial charge < -0.3 is 14.8 Å². The zero-order valence-corrected chi connectivity index (χ0v) is 11.5. The molecule has 0 saturated heterocycles. The number of rotatable bonds is 7. The standard InChI is InChI=1S/C11H18N2O4S/c1-12-18(14,15)10-7-5-4-6-9(10)13-8-11(16-2)17-3/h4-7,11-13H,8H2,1-3H3. The highest BCUT2D eigenvalue weighted by Crippen LogP contribution is 2.20. The van der Waals surface area contributed by atoms with Crippen LogP contribution < -0.4 is 10.0 Å². The number of benzene rings is 1. The van der Waals surface area contributed by atoms with E-state index in [-0.39, 0.29) is 4.90 Å². The van der Waals surface area contributed by atoms with Gasteiger partial charge in [-0.3, -0.25) is 0 Å². The molecular formula is C11H18N2O4S. The van der Waals surface area contributed by atoms with E-state index in [2.05, 4.69) is 10.0 Å². The van der Waals surface area contributed by atoms with Gasteiger partial charge >= 0.3 is 0 Å². The van der Waals surface area contributed by atoms with Crippen molar-refractivity contribution in [2.75, 3.05) is 33.1 Å². The number of anilines is 1. The highest BCUT2D eigenvalue weighted by atomic mass is 32.2. The summed E-state index contributed by atoms with van der Waals surface area (Å²) in [5.41, 5.74) is 0.506. The summed E-state index contributed by atoms with van der Waals surface area (Å²) >= 11 is 0. The van der Waals surface area contributed by atoms with E-state index in [1.165, 1.54) is 27.3 Å². The first-order valence-corrected chi connectivity index (χ1v) is 6.85. The molecule has 2 N–H and O–H groups in total. The monoisotopic (exact) mass is 274 g/mol. The van der Waals surface area contributed by atoms with E-state index in [0.717, 1.165) is 0 Å². The van der Waals surface area contributed by atoms with Crippen LogP contribution in [0.1, 0.15) is 0 Å². The molecule has 0 spiro atoms. The molecule has 0 aliphatic heterocycles. The van der Waals surface area contributed by atoms with E-state index in [4.69, 9.17) is 9.47 Å². The van der Waals surface area contributed by atoms with Crippen molar-refractivity contribution in [1.29, 1.82) is 0 Å². The van der Waals surface area contributed by atoms with Crippen molar-refractivity contribution >= 4 is 15.7 Å². The van der Waals surface area contributed by atoms with Crippen molar-refractivity contribution in [2.24, 2.45) is 0 Å². The van der Waals surface area contributed by atoms with Gasteiger partial charge in [0.2, 0.25) is 10.0 Å². The molecule has 102 valence electrons. The topological polar surface area (TPSA) is 76.7 Å². The number of nitrogens with one attached hydrogen (secondary N) is 2. The SMILES string of the molecule is CNS(=O)(=O)c1ccccc1NCC(OC)OC. The minimum Gasteiger partial charge on any atom is -0.379 e. The molecule has 0 atom stereocenters.